The van der Waals surface area contributed by atoms with Crippen LogP contribution in [0.1, 0.15) is 12.5 Å². The summed E-state index contributed by atoms with van der Waals surface area (Å²) in [5, 5.41) is 8.73. The number of hydrogen-bond acceptors (Lipinski definition) is 4. The van der Waals surface area contributed by atoms with E-state index in [-0.39, 0.29) is 18.4 Å². The summed E-state index contributed by atoms with van der Waals surface area (Å²) in [6.45, 7) is 1.98. The minimum Gasteiger partial charge on any atom is -0.484 e. The van der Waals surface area contributed by atoms with Gasteiger partial charge in [0, 0.05) is 19.7 Å². The van der Waals surface area contributed by atoms with Gasteiger partial charge in [-0.15, -0.1) is 0 Å². The Labute approximate surface area is 129 Å². The van der Waals surface area contributed by atoms with Gasteiger partial charge in [0.2, 0.25) is 5.91 Å². The predicted octanol–water partition coefficient (Wildman–Crippen LogP) is 1.18. The minimum absolute atomic E-state index is 0.170. The zero-order valence-electron chi connectivity index (χ0n) is 12.7. The van der Waals surface area contributed by atoms with Crippen LogP contribution in [0.2, 0.25) is 0 Å². The zero-order valence-corrected chi connectivity index (χ0v) is 12.7. The standard InChI is InChI=1S/C16H19N3O3/c1-12(9-17)10-19(2)16(21)8-5-13-3-6-14(7-4-13)22-11-15(18)20/h3-8,12H,10-11H2,1-2H3,(H2,18,20)/b8-5+. The minimum atomic E-state index is -0.538. The third-order valence-corrected chi connectivity index (χ3v) is 2.82. The molecule has 1 atom stereocenters. The fraction of sp³-hybridized carbons (Fsp3) is 0.312. The van der Waals surface area contributed by atoms with Crippen molar-refractivity contribution in [2.45, 2.75) is 6.92 Å². The third-order valence-electron chi connectivity index (χ3n) is 2.82. The molecule has 0 aliphatic carbocycles. The summed E-state index contributed by atoms with van der Waals surface area (Å²) in [4.78, 5) is 24.0. The number of carbonyl (C=O) groups excluding carboxylic acids is 2. The summed E-state index contributed by atoms with van der Waals surface area (Å²) in [5.41, 5.74) is 5.81. The van der Waals surface area contributed by atoms with Gasteiger partial charge >= 0.3 is 0 Å². The first-order valence-corrected chi connectivity index (χ1v) is 6.76. The highest BCUT2D eigenvalue weighted by Crippen LogP contribution is 2.13. The molecule has 0 saturated heterocycles. The second kappa shape index (κ2) is 8.47. The van der Waals surface area contributed by atoms with Gasteiger partial charge in [0.05, 0.1) is 12.0 Å². The van der Waals surface area contributed by atoms with Crippen molar-refractivity contribution < 1.29 is 14.3 Å². The van der Waals surface area contributed by atoms with Gasteiger partial charge in [-0.3, -0.25) is 9.59 Å². The van der Waals surface area contributed by atoms with Crippen LogP contribution in [-0.2, 0) is 9.59 Å². The van der Waals surface area contributed by atoms with Crippen molar-refractivity contribution in [1.29, 1.82) is 5.26 Å². The van der Waals surface area contributed by atoms with Crippen LogP contribution < -0.4 is 10.5 Å². The Morgan fingerprint density at radius 3 is 2.59 bits per heavy atom. The number of ether oxygens (including phenoxy) is 1. The molecule has 0 fully saturated rings. The van der Waals surface area contributed by atoms with Crippen LogP contribution in [0.5, 0.6) is 5.75 Å². The third kappa shape index (κ3) is 6.09. The number of primary amides is 1. The molecule has 1 aromatic rings. The van der Waals surface area contributed by atoms with Gasteiger partial charge in [0.15, 0.2) is 6.61 Å². The molecule has 0 spiro atoms. The number of carbonyl (C=O) groups is 2. The maximum atomic E-state index is 11.9. The number of benzene rings is 1. The molecule has 22 heavy (non-hydrogen) atoms. The second-order valence-electron chi connectivity index (χ2n) is 4.91. The van der Waals surface area contributed by atoms with Crippen LogP contribution in [0.4, 0.5) is 0 Å². The largest absolute Gasteiger partial charge is 0.484 e. The van der Waals surface area contributed by atoms with Crippen LogP contribution >= 0.6 is 0 Å². The highest BCUT2D eigenvalue weighted by molar-refractivity contribution is 5.91. The average molecular weight is 301 g/mol. The topological polar surface area (TPSA) is 96.4 Å². The summed E-state index contributed by atoms with van der Waals surface area (Å²) in [6, 6.07) is 8.99. The first-order chi connectivity index (χ1) is 10.4. The number of likely N-dealkylation sites (N-methyl/N-ethyl adjacent to an activating group) is 1. The Morgan fingerprint density at radius 1 is 1.41 bits per heavy atom. The van der Waals surface area contributed by atoms with E-state index < -0.39 is 5.91 Å². The lowest BCUT2D eigenvalue weighted by atomic mass is 10.2. The molecule has 0 heterocycles. The van der Waals surface area contributed by atoms with E-state index in [0.29, 0.717) is 12.3 Å². The number of amides is 2. The molecule has 1 rings (SSSR count). The summed E-state index contributed by atoms with van der Waals surface area (Å²) < 4.78 is 5.14. The fourth-order valence-electron chi connectivity index (χ4n) is 1.67. The van der Waals surface area contributed by atoms with Crippen LogP contribution in [0.15, 0.2) is 30.3 Å². The molecule has 6 heteroatoms. The number of rotatable bonds is 7. The van der Waals surface area contributed by atoms with Crippen molar-refractivity contribution >= 4 is 17.9 Å². The normalized spacial score (nSPS) is 11.7. The quantitative estimate of drug-likeness (QED) is 0.765. The second-order valence-corrected chi connectivity index (χ2v) is 4.91. The Kier molecular flexibility index (Phi) is 6.64. The van der Waals surface area contributed by atoms with E-state index in [9.17, 15) is 9.59 Å². The van der Waals surface area contributed by atoms with Gasteiger partial charge in [-0.25, -0.2) is 0 Å². The van der Waals surface area contributed by atoms with E-state index >= 15 is 0 Å². The van der Waals surface area contributed by atoms with E-state index in [4.69, 9.17) is 15.7 Å². The van der Waals surface area contributed by atoms with Gasteiger partial charge in [-0.1, -0.05) is 12.1 Å². The Bertz CT molecular complexity index is 588. The summed E-state index contributed by atoms with van der Waals surface area (Å²) in [7, 11) is 1.65. The van der Waals surface area contributed by atoms with E-state index in [1.165, 1.54) is 11.0 Å². The van der Waals surface area contributed by atoms with Crippen molar-refractivity contribution in [2.75, 3.05) is 20.2 Å². The monoisotopic (exact) mass is 301 g/mol. The van der Waals surface area contributed by atoms with Crippen LogP contribution in [0.25, 0.3) is 6.08 Å². The lowest BCUT2D eigenvalue weighted by molar-refractivity contribution is -0.125. The molecule has 2 amide bonds. The highest BCUT2D eigenvalue weighted by Gasteiger charge is 2.08. The number of nitrogens with zero attached hydrogens (tertiary/aromatic N) is 2. The molecule has 0 radical (unpaired) electrons. The molecule has 6 nitrogen and oxygen atoms in total. The van der Waals surface area contributed by atoms with E-state index in [2.05, 4.69) is 6.07 Å². The maximum absolute atomic E-state index is 11.9. The molecular weight excluding hydrogens is 282 g/mol. The molecule has 0 aliphatic heterocycles. The fourth-order valence-corrected chi connectivity index (χ4v) is 1.67. The van der Waals surface area contributed by atoms with Crippen molar-refractivity contribution in [3.63, 3.8) is 0 Å². The van der Waals surface area contributed by atoms with Gasteiger partial charge in [0.1, 0.15) is 5.75 Å². The molecule has 0 aromatic heterocycles. The first-order valence-electron chi connectivity index (χ1n) is 6.76. The number of nitrogens with two attached hydrogens (primary N) is 1. The summed E-state index contributed by atoms with van der Waals surface area (Å²) >= 11 is 0. The molecule has 0 bridgehead atoms. The molecule has 1 unspecified atom stereocenters. The zero-order chi connectivity index (χ0) is 16.5. The van der Waals surface area contributed by atoms with E-state index in [1.807, 2.05) is 0 Å². The molecule has 0 aliphatic rings. The van der Waals surface area contributed by atoms with Gasteiger partial charge in [-0.05, 0) is 30.7 Å². The Morgan fingerprint density at radius 2 is 2.05 bits per heavy atom. The van der Waals surface area contributed by atoms with Gasteiger partial charge in [0.25, 0.3) is 5.91 Å². The smallest absolute Gasteiger partial charge is 0.255 e. The Hall–Kier alpha value is -2.81. The van der Waals surface area contributed by atoms with E-state index in [0.717, 1.165) is 5.56 Å². The van der Waals surface area contributed by atoms with Crippen LogP contribution in [0.3, 0.4) is 0 Å². The predicted molar refractivity (Wildman–Crippen MR) is 82.6 cm³/mol. The lowest BCUT2D eigenvalue weighted by Gasteiger charge is -2.15. The molecule has 0 saturated carbocycles. The van der Waals surface area contributed by atoms with Gasteiger partial charge < -0.3 is 15.4 Å². The van der Waals surface area contributed by atoms with Crippen LogP contribution in [-0.4, -0.2) is 36.9 Å². The van der Waals surface area contributed by atoms with Crippen LogP contribution in [0, 0.1) is 17.2 Å². The van der Waals surface area contributed by atoms with Crippen molar-refractivity contribution in [3.8, 4) is 11.8 Å². The van der Waals surface area contributed by atoms with Gasteiger partial charge in [-0.2, -0.15) is 5.26 Å². The highest BCUT2D eigenvalue weighted by atomic mass is 16.5. The number of hydrogen-bond donors (Lipinski definition) is 1. The molecule has 2 N–H and O–H groups in total. The average Bonchev–Trinajstić information content (AvgIpc) is 2.51. The SMILES string of the molecule is CC(C#N)CN(C)C(=O)/C=C/c1ccc(OCC(N)=O)cc1. The van der Waals surface area contributed by atoms with Crippen molar-refractivity contribution in [2.24, 2.45) is 11.7 Å². The number of nitriles is 1. The van der Waals surface area contributed by atoms with Crippen molar-refractivity contribution in [1.82, 2.24) is 4.90 Å². The molecular formula is C16H19N3O3. The maximum Gasteiger partial charge on any atom is 0.255 e. The first kappa shape index (κ1) is 17.2. The molecule has 116 valence electrons. The summed E-state index contributed by atoms with van der Waals surface area (Å²) in [6.07, 6.45) is 3.12. The Balaban J connectivity index is 2.57. The van der Waals surface area contributed by atoms with E-state index in [1.54, 1.807) is 44.3 Å². The van der Waals surface area contributed by atoms with Crippen molar-refractivity contribution in [3.05, 3.63) is 35.9 Å². The lowest BCUT2D eigenvalue weighted by Crippen LogP contribution is -2.29. The summed E-state index contributed by atoms with van der Waals surface area (Å²) in [5.74, 6) is -0.383. The molecule has 1 aromatic carbocycles.